The van der Waals surface area contributed by atoms with Crippen LogP contribution in [0.15, 0.2) is 0 Å². The minimum absolute atomic E-state index is 0.0681. The SMILES string of the molecule is CCC(=O)OC(CC)(CC)CCO. The summed E-state index contributed by atoms with van der Waals surface area (Å²) in [6.07, 6.45) is 2.45. The molecule has 0 atom stereocenters. The number of rotatable bonds is 6. The predicted molar refractivity (Wildman–Crippen MR) is 51.4 cm³/mol. The standard InChI is InChI=1S/C10H20O3/c1-4-9(12)13-10(5-2,6-3)7-8-11/h11H,4-8H2,1-3H3. The van der Waals surface area contributed by atoms with Crippen LogP contribution in [0.25, 0.3) is 0 Å². The van der Waals surface area contributed by atoms with Crippen LogP contribution in [0, 0.1) is 0 Å². The predicted octanol–water partition coefficient (Wildman–Crippen LogP) is 1.88. The zero-order valence-electron chi connectivity index (χ0n) is 8.80. The van der Waals surface area contributed by atoms with E-state index >= 15 is 0 Å². The van der Waals surface area contributed by atoms with Gasteiger partial charge >= 0.3 is 5.97 Å². The first-order valence-corrected chi connectivity index (χ1v) is 4.96. The highest BCUT2D eigenvalue weighted by molar-refractivity contribution is 5.69. The molecule has 0 rings (SSSR count). The van der Waals surface area contributed by atoms with Crippen molar-refractivity contribution in [2.75, 3.05) is 6.61 Å². The summed E-state index contributed by atoms with van der Waals surface area (Å²) in [5.41, 5.74) is -0.443. The average Bonchev–Trinajstić information content (AvgIpc) is 2.17. The van der Waals surface area contributed by atoms with E-state index in [0.29, 0.717) is 12.8 Å². The Morgan fingerprint density at radius 3 is 2.15 bits per heavy atom. The van der Waals surface area contributed by atoms with E-state index in [1.54, 1.807) is 6.92 Å². The van der Waals surface area contributed by atoms with Gasteiger partial charge in [-0.1, -0.05) is 20.8 Å². The summed E-state index contributed by atoms with van der Waals surface area (Å²) in [7, 11) is 0. The Labute approximate surface area is 80.1 Å². The summed E-state index contributed by atoms with van der Waals surface area (Å²) in [6.45, 7) is 5.79. The Bertz CT molecular complexity index is 150. The fourth-order valence-corrected chi connectivity index (χ4v) is 1.32. The van der Waals surface area contributed by atoms with Crippen molar-refractivity contribution in [3.8, 4) is 0 Å². The molecule has 13 heavy (non-hydrogen) atoms. The van der Waals surface area contributed by atoms with Crippen molar-refractivity contribution in [1.82, 2.24) is 0 Å². The van der Waals surface area contributed by atoms with Gasteiger partial charge in [-0.2, -0.15) is 0 Å². The Kier molecular flexibility index (Phi) is 5.71. The number of hydrogen-bond acceptors (Lipinski definition) is 3. The quantitative estimate of drug-likeness (QED) is 0.647. The van der Waals surface area contributed by atoms with Crippen LogP contribution >= 0.6 is 0 Å². The minimum atomic E-state index is -0.443. The lowest BCUT2D eigenvalue weighted by molar-refractivity contribution is -0.162. The lowest BCUT2D eigenvalue weighted by atomic mass is 9.93. The van der Waals surface area contributed by atoms with E-state index < -0.39 is 5.60 Å². The van der Waals surface area contributed by atoms with Gasteiger partial charge in [-0.05, 0) is 12.8 Å². The molecule has 0 aliphatic rings. The number of aliphatic hydroxyl groups excluding tert-OH is 1. The molecule has 3 nitrogen and oxygen atoms in total. The monoisotopic (exact) mass is 188 g/mol. The molecule has 0 aromatic rings. The molecule has 0 radical (unpaired) electrons. The van der Waals surface area contributed by atoms with Crippen LogP contribution in [-0.4, -0.2) is 23.3 Å². The van der Waals surface area contributed by atoms with Crippen LogP contribution < -0.4 is 0 Å². The molecular formula is C10H20O3. The van der Waals surface area contributed by atoms with Gasteiger partial charge in [0.25, 0.3) is 0 Å². The van der Waals surface area contributed by atoms with Crippen molar-refractivity contribution in [2.45, 2.75) is 52.1 Å². The molecule has 78 valence electrons. The Balaban J connectivity index is 4.28. The largest absolute Gasteiger partial charge is 0.459 e. The second kappa shape index (κ2) is 5.97. The van der Waals surface area contributed by atoms with Crippen molar-refractivity contribution >= 4 is 5.97 Å². The van der Waals surface area contributed by atoms with E-state index in [1.807, 2.05) is 13.8 Å². The highest BCUT2D eigenvalue weighted by Crippen LogP contribution is 2.24. The van der Waals surface area contributed by atoms with Gasteiger partial charge < -0.3 is 9.84 Å². The molecule has 0 amide bonds. The zero-order chi connectivity index (χ0) is 10.3. The van der Waals surface area contributed by atoms with Crippen LogP contribution in [0.5, 0.6) is 0 Å². The van der Waals surface area contributed by atoms with Crippen LogP contribution in [0.4, 0.5) is 0 Å². The van der Waals surface area contributed by atoms with Crippen LogP contribution in [0.3, 0.4) is 0 Å². The third-order valence-electron chi connectivity index (χ3n) is 2.48. The molecule has 0 bridgehead atoms. The molecule has 0 heterocycles. The average molecular weight is 188 g/mol. The van der Waals surface area contributed by atoms with Gasteiger partial charge in [0, 0.05) is 19.4 Å². The summed E-state index contributed by atoms with van der Waals surface area (Å²) in [4.78, 5) is 11.1. The van der Waals surface area contributed by atoms with Gasteiger partial charge in [0.2, 0.25) is 0 Å². The van der Waals surface area contributed by atoms with E-state index in [9.17, 15) is 4.79 Å². The van der Waals surface area contributed by atoms with Gasteiger partial charge in [0.1, 0.15) is 5.60 Å². The van der Waals surface area contributed by atoms with Crippen molar-refractivity contribution < 1.29 is 14.6 Å². The van der Waals surface area contributed by atoms with Crippen LogP contribution in [0.1, 0.15) is 46.5 Å². The number of hydrogen-bond donors (Lipinski definition) is 1. The van der Waals surface area contributed by atoms with Gasteiger partial charge in [0.05, 0.1) is 0 Å². The molecule has 0 unspecified atom stereocenters. The van der Waals surface area contributed by atoms with E-state index in [-0.39, 0.29) is 12.6 Å². The van der Waals surface area contributed by atoms with Crippen molar-refractivity contribution in [3.63, 3.8) is 0 Å². The molecule has 0 saturated carbocycles. The van der Waals surface area contributed by atoms with Crippen molar-refractivity contribution in [3.05, 3.63) is 0 Å². The smallest absolute Gasteiger partial charge is 0.306 e. The van der Waals surface area contributed by atoms with Crippen molar-refractivity contribution in [2.24, 2.45) is 0 Å². The van der Waals surface area contributed by atoms with Crippen LogP contribution in [-0.2, 0) is 9.53 Å². The molecule has 0 fully saturated rings. The second-order valence-electron chi connectivity index (χ2n) is 3.19. The molecule has 1 N–H and O–H groups in total. The normalized spacial score (nSPS) is 11.4. The van der Waals surface area contributed by atoms with E-state index in [1.165, 1.54) is 0 Å². The van der Waals surface area contributed by atoms with Gasteiger partial charge in [-0.3, -0.25) is 4.79 Å². The number of aliphatic hydroxyl groups is 1. The first-order chi connectivity index (χ1) is 6.14. The summed E-state index contributed by atoms with van der Waals surface area (Å²) in [5.74, 6) is -0.183. The molecule has 0 aliphatic carbocycles. The Morgan fingerprint density at radius 2 is 1.85 bits per heavy atom. The van der Waals surface area contributed by atoms with Crippen LogP contribution in [0.2, 0.25) is 0 Å². The zero-order valence-corrected chi connectivity index (χ0v) is 8.80. The summed E-state index contributed by atoms with van der Waals surface area (Å²) < 4.78 is 5.33. The maximum Gasteiger partial charge on any atom is 0.306 e. The maximum absolute atomic E-state index is 11.1. The molecule has 0 aromatic heterocycles. The van der Waals surface area contributed by atoms with E-state index in [0.717, 1.165) is 12.8 Å². The molecule has 0 spiro atoms. The molecule has 0 saturated heterocycles. The van der Waals surface area contributed by atoms with E-state index in [2.05, 4.69) is 0 Å². The number of esters is 1. The Hall–Kier alpha value is -0.570. The number of carbonyl (C=O) groups is 1. The fourth-order valence-electron chi connectivity index (χ4n) is 1.32. The Morgan fingerprint density at radius 1 is 1.31 bits per heavy atom. The number of carbonyl (C=O) groups excluding carboxylic acids is 1. The van der Waals surface area contributed by atoms with E-state index in [4.69, 9.17) is 9.84 Å². The topological polar surface area (TPSA) is 46.5 Å². The highest BCUT2D eigenvalue weighted by atomic mass is 16.6. The lowest BCUT2D eigenvalue weighted by Gasteiger charge is -2.30. The van der Waals surface area contributed by atoms with Crippen molar-refractivity contribution in [1.29, 1.82) is 0 Å². The van der Waals surface area contributed by atoms with Gasteiger partial charge in [-0.25, -0.2) is 0 Å². The second-order valence-corrected chi connectivity index (χ2v) is 3.19. The third-order valence-corrected chi connectivity index (χ3v) is 2.48. The molecule has 3 heteroatoms. The fraction of sp³-hybridized carbons (Fsp3) is 0.900. The molecular weight excluding hydrogens is 168 g/mol. The maximum atomic E-state index is 11.1. The minimum Gasteiger partial charge on any atom is -0.459 e. The molecule has 0 aromatic carbocycles. The van der Waals surface area contributed by atoms with Gasteiger partial charge in [0.15, 0.2) is 0 Å². The number of ether oxygens (including phenoxy) is 1. The molecule has 0 aliphatic heterocycles. The summed E-state index contributed by atoms with van der Waals surface area (Å²) in [5, 5.41) is 8.86. The first-order valence-electron chi connectivity index (χ1n) is 4.96. The van der Waals surface area contributed by atoms with Gasteiger partial charge in [-0.15, -0.1) is 0 Å². The summed E-state index contributed by atoms with van der Waals surface area (Å²) in [6, 6.07) is 0. The lowest BCUT2D eigenvalue weighted by Crippen LogP contribution is -2.34. The third kappa shape index (κ3) is 3.77. The highest BCUT2D eigenvalue weighted by Gasteiger charge is 2.29. The summed E-state index contributed by atoms with van der Waals surface area (Å²) >= 11 is 0. The first kappa shape index (κ1) is 12.4.